The van der Waals surface area contributed by atoms with E-state index < -0.39 is 0 Å². The summed E-state index contributed by atoms with van der Waals surface area (Å²) in [7, 11) is 3.63. The van der Waals surface area contributed by atoms with E-state index in [4.69, 9.17) is 4.74 Å². The highest BCUT2D eigenvalue weighted by atomic mass is 32.1. The van der Waals surface area contributed by atoms with Gasteiger partial charge in [-0.15, -0.1) is 11.3 Å². The Kier molecular flexibility index (Phi) is 4.80. The lowest BCUT2D eigenvalue weighted by molar-refractivity contribution is 0.0953. The quantitative estimate of drug-likeness (QED) is 0.924. The number of carbonyl (C=O) groups is 1. The van der Waals surface area contributed by atoms with Gasteiger partial charge in [0.15, 0.2) is 0 Å². The first-order valence-corrected chi connectivity index (χ1v) is 7.65. The maximum Gasteiger partial charge on any atom is 0.263 e. The molecule has 0 radical (unpaired) electrons. The zero-order valence-electron chi connectivity index (χ0n) is 13.1. The van der Waals surface area contributed by atoms with Crippen molar-refractivity contribution in [2.75, 3.05) is 7.11 Å². The molecule has 0 aliphatic carbocycles. The van der Waals surface area contributed by atoms with Gasteiger partial charge in [0, 0.05) is 25.5 Å². The van der Waals surface area contributed by atoms with Gasteiger partial charge in [-0.25, -0.2) is 4.98 Å². The minimum absolute atomic E-state index is 0.0848. The van der Waals surface area contributed by atoms with Crippen LogP contribution in [0.5, 0.6) is 0 Å². The molecule has 0 aliphatic rings. The van der Waals surface area contributed by atoms with Crippen molar-refractivity contribution in [3.63, 3.8) is 0 Å². The highest BCUT2D eigenvalue weighted by molar-refractivity contribution is 7.13. The van der Waals surface area contributed by atoms with Crippen molar-refractivity contribution in [2.45, 2.75) is 33.4 Å². The summed E-state index contributed by atoms with van der Waals surface area (Å²) >= 11 is 1.39. The SMILES string of the molecule is COC(C)c1nc(C)c(C(=O)NCc2ccc(C)n2C)s1. The molecule has 1 atom stereocenters. The van der Waals surface area contributed by atoms with E-state index in [0.29, 0.717) is 11.4 Å². The summed E-state index contributed by atoms with van der Waals surface area (Å²) in [6.07, 6.45) is -0.0919. The Morgan fingerprint density at radius 3 is 2.76 bits per heavy atom. The molecular weight excluding hydrogens is 286 g/mol. The zero-order chi connectivity index (χ0) is 15.6. The monoisotopic (exact) mass is 307 g/mol. The van der Waals surface area contributed by atoms with Gasteiger partial charge in [0.2, 0.25) is 0 Å². The zero-order valence-corrected chi connectivity index (χ0v) is 13.9. The average molecular weight is 307 g/mol. The molecule has 6 heteroatoms. The third-order valence-corrected chi connectivity index (χ3v) is 4.94. The van der Waals surface area contributed by atoms with E-state index in [2.05, 4.69) is 14.9 Å². The smallest absolute Gasteiger partial charge is 0.263 e. The highest BCUT2D eigenvalue weighted by Gasteiger charge is 2.18. The molecule has 21 heavy (non-hydrogen) atoms. The lowest BCUT2D eigenvalue weighted by Gasteiger charge is -2.07. The number of aryl methyl sites for hydroxylation is 2. The van der Waals surface area contributed by atoms with Gasteiger partial charge in [-0.2, -0.15) is 0 Å². The molecule has 0 spiro atoms. The van der Waals surface area contributed by atoms with E-state index >= 15 is 0 Å². The molecule has 0 aromatic carbocycles. The normalized spacial score (nSPS) is 12.4. The molecule has 5 nitrogen and oxygen atoms in total. The minimum atomic E-state index is -0.0919. The number of aromatic nitrogens is 2. The Labute approximate surface area is 129 Å². The summed E-state index contributed by atoms with van der Waals surface area (Å²) in [5, 5.41) is 3.78. The molecule has 0 bridgehead atoms. The van der Waals surface area contributed by atoms with E-state index in [1.807, 2.05) is 40.0 Å². The van der Waals surface area contributed by atoms with Crippen molar-refractivity contribution in [2.24, 2.45) is 7.05 Å². The molecule has 1 amide bonds. The second-order valence-electron chi connectivity index (χ2n) is 5.05. The molecule has 0 fully saturated rings. The highest BCUT2D eigenvalue weighted by Crippen LogP contribution is 2.25. The molecule has 2 aromatic rings. The fraction of sp³-hybridized carbons (Fsp3) is 0.467. The van der Waals surface area contributed by atoms with Crippen LogP contribution in [-0.2, 0) is 18.3 Å². The number of rotatable bonds is 5. The van der Waals surface area contributed by atoms with E-state index in [9.17, 15) is 4.79 Å². The predicted octanol–water partition coefficient (Wildman–Crippen LogP) is 2.74. The van der Waals surface area contributed by atoms with Crippen molar-refractivity contribution in [3.8, 4) is 0 Å². The number of methoxy groups -OCH3 is 1. The molecule has 1 unspecified atom stereocenters. The summed E-state index contributed by atoms with van der Waals surface area (Å²) in [5.74, 6) is -0.0848. The van der Waals surface area contributed by atoms with Crippen molar-refractivity contribution in [1.29, 1.82) is 0 Å². The van der Waals surface area contributed by atoms with Crippen molar-refractivity contribution in [1.82, 2.24) is 14.9 Å². The number of nitrogens with zero attached hydrogens (tertiary/aromatic N) is 2. The minimum Gasteiger partial charge on any atom is -0.375 e. The van der Waals surface area contributed by atoms with Crippen LogP contribution in [0.2, 0.25) is 0 Å². The van der Waals surface area contributed by atoms with Crippen molar-refractivity contribution in [3.05, 3.63) is 39.1 Å². The van der Waals surface area contributed by atoms with Crippen LogP contribution in [0.25, 0.3) is 0 Å². The van der Waals surface area contributed by atoms with Crippen LogP contribution in [0, 0.1) is 13.8 Å². The van der Waals surface area contributed by atoms with Gasteiger partial charge >= 0.3 is 0 Å². The number of thiazole rings is 1. The number of ether oxygens (including phenoxy) is 1. The van der Waals surface area contributed by atoms with Gasteiger partial charge < -0.3 is 14.6 Å². The molecule has 1 N–H and O–H groups in total. The van der Waals surface area contributed by atoms with Gasteiger partial charge in [-0.05, 0) is 32.9 Å². The van der Waals surface area contributed by atoms with E-state index in [-0.39, 0.29) is 12.0 Å². The number of nitrogens with one attached hydrogen (secondary N) is 1. The molecule has 2 heterocycles. The first-order valence-electron chi connectivity index (χ1n) is 6.83. The molecule has 0 aliphatic heterocycles. The molecule has 0 saturated carbocycles. The Balaban J connectivity index is 2.07. The Morgan fingerprint density at radius 2 is 2.19 bits per heavy atom. The maximum atomic E-state index is 12.3. The van der Waals surface area contributed by atoms with E-state index in [0.717, 1.165) is 16.4 Å². The van der Waals surface area contributed by atoms with E-state index in [1.54, 1.807) is 7.11 Å². The number of hydrogen-bond donors (Lipinski definition) is 1. The number of amides is 1. The van der Waals surface area contributed by atoms with Crippen LogP contribution in [0.15, 0.2) is 12.1 Å². The van der Waals surface area contributed by atoms with Crippen LogP contribution in [0.4, 0.5) is 0 Å². The van der Waals surface area contributed by atoms with Crippen LogP contribution in [0.1, 0.15) is 44.8 Å². The molecule has 2 aromatic heterocycles. The Morgan fingerprint density at radius 1 is 1.48 bits per heavy atom. The first-order chi connectivity index (χ1) is 9.93. The lowest BCUT2D eigenvalue weighted by atomic mass is 10.3. The first kappa shape index (κ1) is 15.7. The topological polar surface area (TPSA) is 56.1 Å². The van der Waals surface area contributed by atoms with Crippen LogP contribution in [-0.4, -0.2) is 22.6 Å². The van der Waals surface area contributed by atoms with Crippen LogP contribution >= 0.6 is 11.3 Å². The van der Waals surface area contributed by atoms with Crippen molar-refractivity contribution >= 4 is 17.2 Å². The summed E-state index contributed by atoms with van der Waals surface area (Å²) in [4.78, 5) is 17.3. The second kappa shape index (κ2) is 6.41. The summed E-state index contributed by atoms with van der Waals surface area (Å²) in [5.41, 5.74) is 3.00. The summed E-state index contributed by atoms with van der Waals surface area (Å²) < 4.78 is 7.31. The van der Waals surface area contributed by atoms with Gasteiger partial charge in [-0.1, -0.05) is 0 Å². The summed E-state index contributed by atoms with van der Waals surface area (Å²) in [6.45, 7) is 6.32. The van der Waals surface area contributed by atoms with Gasteiger partial charge in [-0.3, -0.25) is 4.79 Å². The van der Waals surface area contributed by atoms with E-state index in [1.165, 1.54) is 17.0 Å². The third kappa shape index (κ3) is 3.33. The number of hydrogen-bond acceptors (Lipinski definition) is 4. The van der Waals surface area contributed by atoms with Crippen molar-refractivity contribution < 1.29 is 9.53 Å². The standard InChI is InChI=1S/C15H21N3O2S/c1-9-6-7-12(18(9)4)8-16-14(19)13-10(2)17-15(21-13)11(3)20-5/h6-7,11H,8H2,1-5H3,(H,16,19). The fourth-order valence-corrected chi connectivity index (χ4v) is 3.01. The molecule has 114 valence electrons. The molecular formula is C15H21N3O2S. The molecule has 0 saturated heterocycles. The maximum absolute atomic E-state index is 12.3. The van der Waals surface area contributed by atoms with Gasteiger partial charge in [0.05, 0.1) is 12.2 Å². The fourth-order valence-electron chi connectivity index (χ4n) is 2.00. The Bertz CT molecular complexity index is 645. The Hall–Kier alpha value is -1.66. The number of carbonyl (C=O) groups excluding carboxylic acids is 1. The molecule has 2 rings (SSSR count). The van der Waals surface area contributed by atoms with Gasteiger partial charge in [0.1, 0.15) is 16.0 Å². The predicted molar refractivity (Wildman–Crippen MR) is 83.6 cm³/mol. The van der Waals surface area contributed by atoms with Gasteiger partial charge in [0.25, 0.3) is 5.91 Å². The summed E-state index contributed by atoms with van der Waals surface area (Å²) in [6, 6.07) is 4.06. The average Bonchev–Trinajstić information content (AvgIpc) is 3.00. The largest absolute Gasteiger partial charge is 0.375 e. The third-order valence-electron chi connectivity index (χ3n) is 3.63. The lowest BCUT2D eigenvalue weighted by Crippen LogP contribution is -2.23. The second-order valence-corrected chi connectivity index (χ2v) is 6.08. The van der Waals surface area contributed by atoms with Crippen LogP contribution < -0.4 is 5.32 Å². The van der Waals surface area contributed by atoms with Crippen LogP contribution in [0.3, 0.4) is 0 Å².